The maximum atomic E-state index is 5.76. The van der Waals surface area contributed by atoms with Crippen LogP contribution in [0.1, 0.15) is 86.5 Å². The van der Waals surface area contributed by atoms with Gasteiger partial charge in [-0.1, -0.05) is 45.4 Å². The molecule has 6 nitrogen and oxygen atoms in total. The second-order valence-electron chi connectivity index (χ2n) is 10.2. The van der Waals surface area contributed by atoms with E-state index in [9.17, 15) is 0 Å². The van der Waals surface area contributed by atoms with Crippen LogP contribution in [-0.2, 0) is 28.4 Å². The molecule has 0 spiro atoms. The largest absolute Gasteiger partial charge is 0.454 e. The lowest BCUT2D eigenvalue weighted by molar-refractivity contribution is 0.0944. The Kier molecular flexibility index (Phi) is 7.78. The van der Waals surface area contributed by atoms with Crippen LogP contribution >= 0.6 is 0 Å². The zero-order chi connectivity index (χ0) is 26.8. The maximum absolute atomic E-state index is 5.76. The zero-order valence-electron chi connectivity index (χ0n) is 23.7. The lowest BCUT2D eigenvalue weighted by Gasteiger charge is -2.10. The van der Waals surface area contributed by atoms with Gasteiger partial charge in [-0.2, -0.15) is 0 Å². The summed E-state index contributed by atoms with van der Waals surface area (Å²) in [5.41, 5.74) is 10.8. The molecule has 0 radical (unpaired) electrons. The summed E-state index contributed by atoms with van der Waals surface area (Å²) in [6, 6.07) is 0. The number of allylic oxidation sites excluding steroid dienone is 10. The average molecular weight is 521 g/mol. The van der Waals surface area contributed by atoms with E-state index >= 15 is 0 Å². The molecule has 38 heavy (non-hydrogen) atoms. The van der Waals surface area contributed by atoms with Gasteiger partial charge in [-0.3, -0.25) is 0 Å². The van der Waals surface area contributed by atoms with Gasteiger partial charge in [0.05, 0.1) is 0 Å². The Balaban J connectivity index is 0.000000189. The minimum Gasteiger partial charge on any atom is -0.454 e. The molecule has 0 unspecified atom stereocenters. The van der Waals surface area contributed by atoms with Crippen molar-refractivity contribution in [2.45, 2.75) is 86.5 Å². The van der Waals surface area contributed by atoms with Crippen molar-refractivity contribution in [1.29, 1.82) is 0 Å². The molecule has 7 aliphatic rings. The van der Waals surface area contributed by atoms with Crippen molar-refractivity contribution in [3.8, 4) is 0 Å². The summed E-state index contributed by atoms with van der Waals surface area (Å²) in [4.78, 5) is 0. The third-order valence-electron chi connectivity index (χ3n) is 7.82. The van der Waals surface area contributed by atoms with Crippen LogP contribution in [-0.4, -0.2) is 20.4 Å². The molecule has 4 aliphatic carbocycles. The van der Waals surface area contributed by atoms with Gasteiger partial charge < -0.3 is 28.4 Å². The van der Waals surface area contributed by atoms with E-state index in [1.807, 2.05) is 13.8 Å². The molecule has 0 aromatic rings. The molecular formula is C32H40O6. The molecule has 0 aromatic carbocycles. The fourth-order valence-electron chi connectivity index (χ4n) is 5.97. The minimum atomic E-state index is 0.354. The molecule has 0 atom stereocenters. The summed E-state index contributed by atoms with van der Waals surface area (Å²) in [6.45, 7) is 13.7. The number of hydrogen-bond donors (Lipinski definition) is 0. The molecule has 3 heterocycles. The van der Waals surface area contributed by atoms with E-state index in [-0.39, 0.29) is 0 Å². The molecule has 0 amide bonds. The third-order valence-corrected chi connectivity index (χ3v) is 7.82. The van der Waals surface area contributed by atoms with E-state index in [2.05, 4.69) is 39.8 Å². The Morgan fingerprint density at radius 1 is 0.553 bits per heavy atom. The summed E-state index contributed by atoms with van der Waals surface area (Å²) >= 11 is 0. The highest BCUT2D eigenvalue weighted by Gasteiger charge is 2.34. The third kappa shape index (κ3) is 4.70. The lowest BCUT2D eigenvalue weighted by Crippen LogP contribution is -1.95. The Hall–Kier alpha value is -3.28. The monoisotopic (exact) mass is 520 g/mol. The molecule has 0 aromatic heterocycles. The normalized spacial score (nSPS) is 22.5. The molecule has 7 rings (SSSR count). The first-order valence-corrected chi connectivity index (χ1v) is 14.0. The number of hydrogen-bond acceptors (Lipinski definition) is 6. The second-order valence-corrected chi connectivity index (χ2v) is 10.2. The van der Waals surface area contributed by atoms with Crippen molar-refractivity contribution in [3.63, 3.8) is 0 Å². The van der Waals surface area contributed by atoms with Crippen molar-refractivity contribution >= 4 is 0 Å². The summed E-state index contributed by atoms with van der Waals surface area (Å²) in [7, 11) is 0. The Morgan fingerprint density at radius 3 is 1.63 bits per heavy atom. The SMILES string of the molecule is CC.CCC1=C2OCOC2=C(C)C1.CCC1=C2OCOC2=C(C2=CC=C(CC3=C4OCOC4=C(C)C3)C2)C1. The smallest absolute Gasteiger partial charge is 0.231 e. The molecule has 3 aliphatic heterocycles. The maximum Gasteiger partial charge on any atom is 0.231 e. The predicted octanol–water partition coefficient (Wildman–Crippen LogP) is 8.25. The van der Waals surface area contributed by atoms with Gasteiger partial charge in [0.25, 0.3) is 0 Å². The first-order valence-electron chi connectivity index (χ1n) is 14.0. The quantitative estimate of drug-likeness (QED) is 0.364. The van der Waals surface area contributed by atoms with E-state index in [1.165, 1.54) is 44.6 Å². The van der Waals surface area contributed by atoms with Crippen LogP contribution in [0, 0.1) is 0 Å². The van der Waals surface area contributed by atoms with Crippen LogP contribution in [0.3, 0.4) is 0 Å². The highest BCUT2D eigenvalue weighted by molar-refractivity contribution is 5.55. The Morgan fingerprint density at radius 2 is 1.03 bits per heavy atom. The van der Waals surface area contributed by atoms with Gasteiger partial charge in [0.1, 0.15) is 0 Å². The van der Waals surface area contributed by atoms with E-state index in [0.717, 1.165) is 79.5 Å². The minimum absolute atomic E-state index is 0.354. The van der Waals surface area contributed by atoms with Gasteiger partial charge in [0.15, 0.2) is 34.6 Å². The van der Waals surface area contributed by atoms with Crippen LogP contribution in [0.5, 0.6) is 0 Å². The summed E-state index contributed by atoms with van der Waals surface area (Å²) in [5, 5.41) is 0. The van der Waals surface area contributed by atoms with Crippen molar-refractivity contribution in [3.05, 3.63) is 91.3 Å². The molecule has 0 bridgehead atoms. The van der Waals surface area contributed by atoms with Crippen molar-refractivity contribution in [2.75, 3.05) is 20.4 Å². The van der Waals surface area contributed by atoms with Gasteiger partial charge in [-0.15, -0.1) is 0 Å². The van der Waals surface area contributed by atoms with E-state index in [1.54, 1.807) is 0 Å². The number of fused-ring (bicyclic) bond motifs is 3. The van der Waals surface area contributed by atoms with Crippen molar-refractivity contribution in [1.82, 2.24) is 0 Å². The summed E-state index contributed by atoms with van der Waals surface area (Å²) in [5.74, 6) is 5.95. The van der Waals surface area contributed by atoms with Gasteiger partial charge in [-0.25, -0.2) is 0 Å². The standard InChI is InChI=1S/C21H22O4.C9H12O2.C2H6/c1-3-14-9-17(21-19(14)23-11-25-21)15-5-4-13(7-15)8-16-6-12(2)18-20(16)24-10-22-18;1-3-7-4-6(2)8-9(7)11-5-10-8;1-2/h4-5H,3,6-11H2,1-2H3;3-5H2,1-2H3;1-2H3. The van der Waals surface area contributed by atoms with Crippen LogP contribution in [0.25, 0.3) is 0 Å². The second kappa shape index (κ2) is 11.2. The number of rotatable bonds is 5. The van der Waals surface area contributed by atoms with Crippen molar-refractivity contribution in [2.24, 2.45) is 0 Å². The average Bonchev–Trinajstić information content (AvgIpc) is 3.76. The topological polar surface area (TPSA) is 55.4 Å². The molecule has 6 heteroatoms. The van der Waals surface area contributed by atoms with Crippen LogP contribution in [0.15, 0.2) is 91.3 Å². The van der Waals surface area contributed by atoms with Crippen molar-refractivity contribution < 1.29 is 28.4 Å². The van der Waals surface area contributed by atoms with Crippen LogP contribution in [0.4, 0.5) is 0 Å². The highest BCUT2D eigenvalue weighted by atomic mass is 16.7. The molecule has 0 N–H and O–H groups in total. The van der Waals surface area contributed by atoms with E-state index < -0.39 is 0 Å². The van der Waals surface area contributed by atoms with E-state index in [0.29, 0.717) is 20.4 Å². The molecular weight excluding hydrogens is 480 g/mol. The lowest BCUT2D eigenvalue weighted by atomic mass is 9.96. The highest BCUT2D eigenvalue weighted by Crippen LogP contribution is 2.46. The fraction of sp³-hybridized carbons (Fsp3) is 0.500. The summed E-state index contributed by atoms with van der Waals surface area (Å²) in [6.07, 6.45) is 11.5. The molecule has 3 saturated heterocycles. The van der Waals surface area contributed by atoms with E-state index in [4.69, 9.17) is 28.4 Å². The van der Waals surface area contributed by atoms with Gasteiger partial charge in [0.2, 0.25) is 20.4 Å². The molecule has 0 saturated carbocycles. The zero-order valence-corrected chi connectivity index (χ0v) is 23.7. The van der Waals surface area contributed by atoms with Gasteiger partial charge in [-0.05, 0) is 85.8 Å². The predicted molar refractivity (Wildman–Crippen MR) is 146 cm³/mol. The number of ether oxygens (including phenoxy) is 6. The first kappa shape index (κ1) is 26.3. The van der Waals surface area contributed by atoms with Gasteiger partial charge >= 0.3 is 0 Å². The van der Waals surface area contributed by atoms with Gasteiger partial charge in [0, 0.05) is 12.0 Å². The Labute approximate surface area is 226 Å². The summed E-state index contributed by atoms with van der Waals surface area (Å²) < 4.78 is 33.4. The van der Waals surface area contributed by atoms with Crippen LogP contribution < -0.4 is 0 Å². The van der Waals surface area contributed by atoms with Crippen LogP contribution in [0.2, 0.25) is 0 Å². The first-order chi connectivity index (χ1) is 18.6. The molecule has 204 valence electrons. The fourth-order valence-corrected chi connectivity index (χ4v) is 5.97. The molecule has 3 fully saturated rings. The Bertz CT molecular complexity index is 1260.